The zero-order valence-electron chi connectivity index (χ0n) is 7.62. The Balaban J connectivity index is 2.42. The van der Waals surface area contributed by atoms with Crippen LogP contribution in [0, 0.1) is 17.8 Å². The molecule has 0 aromatic rings. The highest BCUT2D eigenvalue weighted by Crippen LogP contribution is 2.36. The van der Waals surface area contributed by atoms with Gasteiger partial charge in [-0.1, -0.05) is 13.8 Å². The van der Waals surface area contributed by atoms with Crippen LogP contribution in [0.15, 0.2) is 0 Å². The number of hydrogen-bond acceptors (Lipinski definition) is 2. The molecule has 1 saturated heterocycles. The van der Waals surface area contributed by atoms with E-state index in [4.69, 9.17) is 5.11 Å². The van der Waals surface area contributed by atoms with Gasteiger partial charge in [0, 0.05) is 6.42 Å². The number of aliphatic carboxylic acids is 1. The van der Waals surface area contributed by atoms with Crippen LogP contribution >= 0.6 is 11.8 Å². The maximum Gasteiger partial charge on any atom is 0.303 e. The molecule has 0 spiro atoms. The summed E-state index contributed by atoms with van der Waals surface area (Å²) in [5.41, 5.74) is 0. The highest BCUT2D eigenvalue weighted by Gasteiger charge is 2.31. The van der Waals surface area contributed by atoms with Gasteiger partial charge >= 0.3 is 5.97 Å². The van der Waals surface area contributed by atoms with E-state index in [1.807, 2.05) is 11.8 Å². The molecule has 0 bridgehead atoms. The van der Waals surface area contributed by atoms with Crippen molar-refractivity contribution >= 4 is 17.7 Å². The first-order valence-electron chi connectivity index (χ1n) is 4.40. The zero-order valence-corrected chi connectivity index (χ0v) is 8.43. The average molecular weight is 188 g/mol. The minimum Gasteiger partial charge on any atom is -0.481 e. The van der Waals surface area contributed by atoms with Gasteiger partial charge < -0.3 is 5.11 Å². The molecule has 0 aromatic carbocycles. The topological polar surface area (TPSA) is 37.3 Å². The molecular formula is C9H16O2S. The number of carboxylic acids is 1. The summed E-state index contributed by atoms with van der Waals surface area (Å²) in [4.78, 5) is 10.6. The van der Waals surface area contributed by atoms with Crippen LogP contribution in [0.5, 0.6) is 0 Å². The first kappa shape index (κ1) is 9.90. The lowest BCUT2D eigenvalue weighted by atomic mass is 9.82. The Morgan fingerprint density at radius 3 is 2.42 bits per heavy atom. The van der Waals surface area contributed by atoms with Gasteiger partial charge in [-0.15, -0.1) is 0 Å². The van der Waals surface area contributed by atoms with Crippen molar-refractivity contribution in [1.82, 2.24) is 0 Å². The lowest BCUT2D eigenvalue weighted by Gasteiger charge is -2.34. The van der Waals surface area contributed by atoms with E-state index in [9.17, 15) is 4.79 Å². The fourth-order valence-corrected chi connectivity index (χ4v) is 2.65. The van der Waals surface area contributed by atoms with E-state index in [1.165, 1.54) is 0 Å². The van der Waals surface area contributed by atoms with Crippen LogP contribution < -0.4 is 0 Å². The summed E-state index contributed by atoms with van der Waals surface area (Å²) in [6.07, 6.45) is 0.350. The maximum atomic E-state index is 10.6. The Morgan fingerprint density at radius 2 is 2.17 bits per heavy atom. The summed E-state index contributed by atoms with van der Waals surface area (Å²) in [5.74, 6) is 3.24. The van der Waals surface area contributed by atoms with Crippen molar-refractivity contribution in [1.29, 1.82) is 0 Å². The van der Waals surface area contributed by atoms with Crippen LogP contribution in [-0.4, -0.2) is 22.6 Å². The number of carboxylic acid groups (broad SMARTS) is 1. The molecule has 1 heterocycles. The first-order valence-corrected chi connectivity index (χ1v) is 5.56. The van der Waals surface area contributed by atoms with Gasteiger partial charge in [-0.25, -0.2) is 0 Å². The molecule has 1 fully saturated rings. The largest absolute Gasteiger partial charge is 0.481 e. The van der Waals surface area contributed by atoms with Crippen molar-refractivity contribution in [3.63, 3.8) is 0 Å². The van der Waals surface area contributed by atoms with Crippen molar-refractivity contribution in [2.24, 2.45) is 17.8 Å². The molecule has 0 radical (unpaired) electrons. The minimum atomic E-state index is -0.648. The average Bonchev–Trinajstić information content (AvgIpc) is 1.80. The van der Waals surface area contributed by atoms with Crippen LogP contribution in [0.4, 0.5) is 0 Å². The van der Waals surface area contributed by atoms with E-state index in [1.54, 1.807) is 0 Å². The molecule has 1 unspecified atom stereocenters. The Hall–Kier alpha value is -0.180. The molecule has 1 atom stereocenters. The molecule has 0 aromatic heterocycles. The quantitative estimate of drug-likeness (QED) is 0.734. The van der Waals surface area contributed by atoms with Gasteiger partial charge in [0.1, 0.15) is 0 Å². The second-order valence-electron chi connectivity index (χ2n) is 3.80. The second kappa shape index (κ2) is 4.17. The monoisotopic (exact) mass is 188 g/mol. The van der Waals surface area contributed by atoms with Gasteiger partial charge in [0.25, 0.3) is 0 Å². The summed E-state index contributed by atoms with van der Waals surface area (Å²) >= 11 is 1.93. The van der Waals surface area contributed by atoms with Gasteiger partial charge in [-0.3, -0.25) is 4.79 Å². The van der Waals surface area contributed by atoms with Gasteiger partial charge in [0.15, 0.2) is 0 Å². The third-order valence-corrected chi connectivity index (χ3v) is 3.86. The van der Waals surface area contributed by atoms with E-state index < -0.39 is 5.97 Å². The maximum absolute atomic E-state index is 10.6. The van der Waals surface area contributed by atoms with Gasteiger partial charge in [-0.2, -0.15) is 11.8 Å². The van der Waals surface area contributed by atoms with E-state index >= 15 is 0 Å². The number of carbonyl (C=O) groups is 1. The second-order valence-corrected chi connectivity index (χ2v) is 4.88. The van der Waals surface area contributed by atoms with Crippen molar-refractivity contribution in [2.75, 3.05) is 11.5 Å². The Bertz CT molecular complexity index is 164. The molecule has 1 aliphatic rings. The fourth-order valence-electron chi connectivity index (χ4n) is 1.65. The predicted octanol–water partition coefficient (Wildman–Crippen LogP) is 2.10. The van der Waals surface area contributed by atoms with Gasteiger partial charge in [-0.05, 0) is 29.3 Å². The van der Waals surface area contributed by atoms with E-state index in [2.05, 4.69) is 13.8 Å². The van der Waals surface area contributed by atoms with Crippen LogP contribution in [0.1, 0.15) is 20.3 Å². The van der Waals surface area contributed by atoms with Crippen LogP contribution in [-0.2, 0) is 4.79 Å². The number of hydrogen-bond donors (Lipinski definition) is 1. The smallest absolute Gasteiger partial charge is 0.303 e. The molecule has 0 aliphatic carbocycles. The van der Waals surface area contributed by atoms with Crippen molar-refractivity contribution in [2.45, 2.75) is 20.3 Å². The SMILES string of the molecule is CC(C)C(CC(=O)O)C1CSC1. The van der Waals surface area contributed by atoms with Crippen molar-refractivity contribution in [3.8, 4) is 0 Å². The molecule has 1 N–H and O–H groups in total. The Morgan fingerprint density at radius 1 is 1.58 bits per heavy atom. The molecule has 70 valence electrons. The lowest BCUT2D eigenvalue weighted by molar-refractivity contribution is -0.138. The van der Waals surface area contributed by atoms with E-state index in [0.717, 1.165) is 11.5 Å². The molecular weight excluding hydrogens is 172 g/mol. The minimum absolute atomic E-state index is 0.350. The molecule has 2 nitrogen and oxygen atoms in total. The molecule has 1 aliphatic heterocycles. The normalized spacial score (nSPS) is 20.6. The lowest BCUT2D eigenvalue weighted by Crippen LogP contribution is -2.32. The Kier molecular flexibility index (Phi) is 3.44. The van der Waals surface area contributed by atoms with Crippen LogP contribution in [0.3, 0.4) is 0 Å². The highest BCUT2D eigenvalue weighted by molar-refractivity contribution is 8.00. The molecule has 0 amide bonds. The van der Waals surface area contributed by atoms with Crippen LogP contribution in [0.2, 0.25) is 0 Å². The number of thioether (sulfide) groups is 1. The standard InChI is InChI=1S/C9H16O2S/c1-6(2)8(3-9(10)11)7-4-12-5-7/h6-8H,3-5H2,1-2H3,(H,10,11). The summed E-state index contributed by atoms with van der Waals surface area (Å²) in [6.45, 7) is 4.24. The first-order chi connectivity index (χ1) is 5.61. The Labute approximate surface area is 77.7 Å². The van der Waals surface area contributed by atoms with Gasteiger partial charge in [0.2, 0.25) is 0 Å². The summed E-state index contributed by atoms with van der Waals surface area (Å²) in [6, 6.07) is 0. The molecule has 12 heavy (non-hydrogen) atoms. The third-order valence-electron chi connectivity index (χ3n) is 2.54. The molecule has 1 rings (SSSR count). The summed E-state index contributed by atoms with van der Waals surface area (Å²) < 4.78 is 0. The van der Waals surface area contributed by atoms with Crippen molar-refractivity contribution in [3.05, 3.63) is 0 Å². The third kappa shape index (κ3) is 2.41. The van der Waals surface area contributed by atoms with Crippen molar-refractivity contribution < 1.29 is 9.90 Å². The van der Waals surface area contributed by atoms with Gasteiger partial charge in [0.05, 0.1) is 0 Å². The van der Waals surface area contributed by atoms with E-state index in [0.29, 0.717) is 24.2 Å². The van der Waals surface area contributed by atoms with E-state index in [-0.39, 0.29) is 0 Å². The highest BCUT2D eigenvalue weighted by atomic mass is 32.2. The fraction of sp³-hybridized carbons (Fsp3) is 0.889. The number of rotatable bonds is 4. The summed E-state index contributed by atoms with van der Waals surface area (Å²) in [7, 11) is 0. The van der Waals surface area contributed by atoms with Crippen LogP contribution in [0.25, 0.3) is 0 Å². The zero-order chi connectivity index (χ0) is 9.14. The summed E-state index contributed by atoms with van der Waals surface area (Å²) in [5, 5.41) is 8.69. The predicted molar refractivity (Wildman–Crippen MR) is 51.4 cm³/mol. The molecule has 0 saturated carbocycles. The molecule has 3 heteroatoms.